The van der Waals surface area contributed by atoms with Crippen LogP contribution < -0.4 is 4.90 Å². The minimum atomic E-state index is 0.208. The Morgan fingerprint density at radius 3 is 2.41 bits per heavy atom. The SMILES string of the molecule is Cc1nc(Cl)c(C=O)c(N(C)CCN(C)C)n1. The summed E-state index contributed by atoms with van der Waals surface area (Å²) in [5.41, 5.74) is 0.346. The Balaban J connectivity index is 2.99. The van der Waals surface area contributed by atoms with E-state index < -0.39 is 0 Å². The van der Waals surface area contributed by atoms with Crippen molar-refractivity contribution in [3.05, 3.63) is 16.5 Å². The fourth-order valence-electron chi connectivity index (χ4n) is 1.38. The van der Waals surface area contributed by atoms with Gasteiger partial charge >= 0.3 is 0 Å². The minimum absolute atomic E-state index is 0.208. The summed E-state index contributed by atoms with van der Waals surface area (Å²) in [5, 5.41) is 0.208. The Hall–Kier alpha value is -1.20. The number of aromatic nitrogens is 2. The van der Waals surface area contributed by atoms with Crippen LogP contribution >= 0.6 is 11.6 Å². The molecule has 0 spiro atoms. The Morgan fingerprint density at radius 1 is 1.24 bits per heavy atom. The van der Waals surface area contributed by atoms with Crippen LogP contribution in [0.5, 0.6) is 0 Å². The van der Waals surface area contributed by atoms with Gasteiger partial charge in [0.15, 0.2) is 6.29 Å². The third-order valence-corrected chi connectivity index (χ3v) is 2.64. The normalized spacial score (nSPS) is 10.7. The molecule has 0 aliphatic carbocycles. The third kappa shape index (κ3) is 3.64. The van der Waals surface area contributed by atoms with Gasteiger partial charge in [-0.3, -0.25) is 4.79 Å². The summed E-state index contributed by atoms with van der Waals surface area (Å²) >= 11 is 5.92. The van der Waals surface area contributed by atoms with E-state index in [1.165, 1.54) is 0 Å². The first-order valence-corrected chi connectivity index (χ1v) is 5.68. The van der Waals surface area contributed by atoms with Crippen LogP contribution in [0.2, 0.25) is 5.15 Å². The number of aryl methyl sites for hydroxylation is 1. The second-order valence-electron chi connectivity index (χ2n) is 4.14. The van der Waals surface area contributed by atoms with E-state index >= 15 is 0 Å². The number of hydrogen-bond acceptors (Lipinski definition) is 5. The van der Waals surface area contributed by atoms with Gasteiger partial charge in [-0.25, -0.2) is 9.97 Å². The number of rotatable bonds is 5. The first kappa shape index (κ1) is 13.9. The lowest BCUT2D eigenvalue weighted by molar-refractivity contribution is 0.112. The molecule has 0 aliphatic heterocycles. The Kier molecular flexibility index (Phi) is 4.84. The van der Waals surface area contributed by atoms with Crippen molar-refractivity contribution < 1.29 is 4.79 Å². The number of carbonyl (C=O) groups is 1. The van der Waals surface area contributed by atoms with Crippen LogP contribution in [-0.2, 0) is 0 Å². The van der Waals surface area contributed by atoms with Crippen LogP contribution in [-0.4, -0.2) is 55.4 Å². The second-order valence-corrected chi connectivity index (χ2v) is 4.50. The molecule has 1 rings (SSSR count). The highest BCUT2D eigenvalue weighted by Crippen LogP contribution is 2.21. The number of carbonyl (C=O) groups excluding carboxylic acids is 1. The highest BCUT2D eigenvalue weighted by atomic mass is 35.5. The van der Waals surface area contributed by atoms with E-state index in [4.69, 9.17) is 11.6 Å². The van der Waals surface area contributed by atoms with Gasteiger partial charge in [-0.2, -0.15) is 0 Å². The molecule has 0 atom stereocenters. The fraction of sp³-hybridized carbons (Fsp3) is 0.545. The predicted molar refractivity (Wildman–Crippen MR) is 69.0 cm³/mol. The van der Waals surface area contributed by atoms with E-state index in [0.717, 1.165) is 13.1 Å². The predicted octanol–water partition coefficient (Wildman–Crippen LogP) is 1.25. The van der Waals surface area contributed by atoms with E-state index in [-0.39, 0.29) is 5.15 Å². The first-order chi connectivity index (χ1) is 7.95. The minimum Gasteiger partial charge on any atom is -0.358 e. The molecule has 0 N–H and O–H groups in total. The molecule has 0 fully saturated rings. The number of nitrogens with zero attached hydrogens (tertiary/aromatic N) is 4. The Bertz CT molecular complexity index is 409. The monoisotopic (exact) mass is 256 g/mol. The third-order valence-electron chi connectivity index (χ3n) is 2.35. The van der Waals surface area contributed by atoms with Gasteiger partial charge in [-0.15, -0.1) is 0 Å². The standard InChI is InChI=1S/C11H17ClN4O/c1-8-13-10(12)9(7-17)11(14-8)16(4)6-5-15(2)3/h7H,5-6H2,1-4H3. The van der Waals surface area contributed by atoms with E-state index in [1.54, 1.807) is 6.92 Å². The summed E-state index contributed by atoms with van der Waals surface area (Å²) in [6.45, 7) is 3.39. The molecule has 0 saturated carbocycles. The van der Waals surface area contributed by atoms with Crippen molar-refractivity contribution in [2.24, 2.45) is 0 Å². The number of likely N-dealkylation sites (N-methyl/N-ethyl adjacent to an activating group) is 2. The molecule has 0 saturated heterocycles. The highest BCUT2D eigenvalue weighted by molar-refractivity contribution is 6.32. The summed E-state index contributed by atoms with van der Waals surface area (Å²) in [4.78, 5) is 23.2. The fourth-order valence-corrected chi connectivity index (χ4v) is 1.63. The van der Waals surface area contributed by atoms with Crippen molar-refractivity contribution in [3.63, 3.8) is 0 Å². The van der Waals surface area contributed by atoms with Gasteiger partial charge in [0.1, 0.15) is 16.8 Å². The number of hydrogen-bond donors (Lipinski definition) is 0. The lowest BCUT2D eigenvalue weighted by Crippen LogP contribution is -2.30. The molecular formula is C11H17ClN4O. The number of halogens is 1. The summed E-state index contributed by atoms with van der Waals surface area (Å²) in [7, 11) is 5.87. The number of aldehydes is 1. The second kappa shape index (κ2) is 5.93. The lowest BCUT2D eigenvalue weighted by Gasteiger charge is -2.22. The van der Waals surface area contributed by atoms with Crippen LogP contribution in [0.25, 0.3) is 0 Å². The van der Waals surface area contributed by atoms with Crippen LogP contribution in [0.4, 0.5) is 5.82 Å². The molecule has 0 unspecified atom stereocenters. The van der Waals surface area contributed by atoms with Crippen LogP contribution in [0.1, 0.15) is 16.2 Å². The lowest BCUT2D eigenvalue weighted by atomic mass is 10.3. The highest BCUT2D eigenvalue weighted by Gasteiger charge is 2.14. The van der Waals surface area contributed by atoms with Gasteiger partial charge in [0.05, 0.1) is 5.56 Å². The molecule has 0 aliphatic rings. The Labute approximate surface area is 106 Å². The topological polar surface area (TPSA) is 49.3 Å². The van der Waals surface area contributed by atoms with Gasteiger partial charge < -0.3 is 9.80 Å². The molecule has 0 radical (unpaired) electrons. The van der Waals surface area contributed by atoms with Crippen molar-refractivity contribution in [1.29, 1.82) is 0 Å². The van der Waals surface area contributed by atoms with Gasteiger partial charge in [-0.1, -0.05) is 11.6 Å². The van der Waals surface area contributed by atoms with Crippen molar-refractivity contribution in [3.8, 4) is 0 Å². The Morgan fingerprint density at radius 2 is 1.88 bits per heavy atom. The van der Waals surface area contributed by atoms with E-state index in [9.17, 15) is 4.79 Å². The maximum Gasteiger partial charge on any atom is 0.156 e. The summed E-state index contributed by atoms with van der Waals surface area (Å²) < 4.78 is 0. The van der Waals surface area contributed by atoms with Crippen molar-refractivity contribution >= 4 is 23.7 Å². The van der Waals surface area contributed by atoms with Gasteiger partial charge in [0.2, 0.25) is 0 Å². The average Bonchev–Trinajstić information content (AvgIpc) is 2.24. The molecule has 1 aromatic rings. The first-order valence-electron chi connectivity index (χ1n) is 5.31. The van der Waals surface area contributed by atoms with Crippen molar-refractivity contribution in [2.45, 2.75) is 6.92 Å². The molecule has 0 bridgehead atoms. The van der Waals surface area contributed by atoms with Crippen molar-refractivity contribution in [1.82, 2.24) is 14.9 Å². The van der Waals surface area contributed by atoms with Gasteiger partial charge in [0.25, 0.3) is 0 Å². The average molecular weight is 257 g/mol. The van der Waals surface area contributed by atoms with E-state index in [0.29, 0.717) is 23.5 Å². The molecule has 0 amide bonds. The molecule has 1 heterocycles. The molecule has 94 valence electrons. The molecule has 17 heavy (non-hydrogen) atoms. The summed E-state index contributed by atoms with van der Waals surface area (Å²) in [6.07, 6.45) is 0.698. The van der Waals surface area contributed by atoms with Gasteiger partial charge in [-0.05, 0) is 21.0 Å². The maximum atomic E-state index is 11.0. The maximum absolute atomic E-state index is 11.0. The zero-order valence-corrected chi connectivity index (χ0v) is 11.3. The van der Waals surface area contributed by atoms with E-state index in [1.807, 2.05) is 26.0 Å². The molecule has 1 aromatic heterocycles. The van der Waals surface area contributed by atoms with Crippen LogP contribution in [0, 0.1) is 6.92 Å². The smallest absolute Gasteiger partial charge is 0.156 e. The molecule has 0 aromatic carbocycles. The molecular weight excluding hydrogens is 240 g/mol. The largest absolute Gasteiger partial charge is 0.358 e. The van der Waals surface area contributed by atoms with Crippen molar-refractivity contribution in [2.75, 3.05) is 39.1 Å². The molecule has 5 nitrogen and oxygen atoms in total. The van der Waals surface area contributed by atoms with Crippen LogP contribution in [0.3, 0.4) is 0 Å². The van der Waals surface area contributed by atoms with E-state index in [2.05, 4.69) is 14.9 Å². The van der Waals surface area contributed by atoms with Crippen LogP contribution in [0.15, 0.2) is 0 Å². The molecule has 6 heteroatoms. The summed E-state index contributed by atoms with van der Waals surface area (Å²) in [5.74, 6) is 1.15. The summed E-state index contributed by atoms with van der Waals surface area (Å²) in [6, 6.07) is 0. The zero-order valence-electron chi connectivity index (χ0n) is 10.6. The zero-order chi connectivity index (χ0) is 13.0. The quantitative estimate of drug-likeness (QED) is 0.586. The van der Waals surface area contributed by atoms with Gasteiger partial charge in [0, 0.05) is 20.1 Å². The number of anilines is 1.